The lowest BCUT2D eigenvalue weighted by Gasteiger charge is -2.17. The van der Waals surface area contributed by atoms with Crippen LogP contribution in [0.3, 0.4) is 0 Å². The predicted molar refractivity (Wildman–Crippen MR) is 103 cm³/mol. The van der Waals surface area contributed by atoms with Crippen molar-refractivity contribution in [3.8, 4) is 11.5 Å². The second-order valence-corrected chi connectivity index (χ2v) is 6.73. The molecule has 0 saturated carbocycles. The van der Waals surface area contributed by atoms with Crippen molar-refractivity contribution in [3.05, 3.63) is 23.4 Å². The zero-order valence-electron chi connectivity index (χ0n) is 15.9. The molecule has 0 unspecified atom stereocenters. The van der Waals surface area contributed by atoms with Gasteiger partial charge in [-0.2, -0.15) is 0 Å². The molecule has 1 aromatic carbocycles. The van der Waals surface area contributed by atoms with Crippen LogP contribution in [0.15, 0.2) is 12.1 Å². The van der Waals surface area contributed by atoms with Gasteiger partial charge in [-0.1, -0.05) is 0 Å². The molecule has 6 heteroatoms. The fourth-order valence-electron chi connectivity index (χ4n) is 3.60. The first kappa shape index (κ1) is 18.7. The Morgan fingerprint density at radius 2 is 2.08 bits per heavy atom. The Morgan fingerprint density at radius 1 is 1.23 bits per heavy atom. The second-order valence-electron chi connectivity index (χ2n) is 6.73. The minimum Gasteiger partial charge on any atom is -0.493 e. The van der Waals surface area contributed by atoms with Gasteiger partial charge in [0.2, 0.25) is 0 Å². The topological polar surface area (TPSA) is 46.6 Å². The summed E-state index contributed by atoms with van der Waals surface area (Å²) in [6.07, 6.45) is 4.09. The summed E-state index contributed by atoms with van der Waals surface area (Å²) in [5.74, 6) is 1.42. The number of ether oxygens (including phenoxy) is 2. The van der Waals surface area contributed by atoms with E-state index in [0.29, 0.717) is 24.7 Å². The summed E-state index contributed by atoms with van der Waals surface area (Å²) in [7, 11) is 5.53. The lowest BCUT2D eigenvalue weighted by Crippen LogP contribution is -2.23. The molecule has 0 saturated heterocycles. The Bertz CT molecular complexity index is 767. The number of aromatic nitrogens is 1. The number of aryl methyl sites for hydroxylation is 1. The Morgan fingerprint density at radius 3 is 2.81 bits per heavy atom. The van der Waals surface area contributed by atoms with Crippen LogP contribution in [0.1, 0.15) is 24.1 Å². The number of pyridine rings is 1. The number of hydrogen-bond acceptors (Lipinski definition) is 5. The van der Waals surface area contributed by atoms with Crippen molar-refractivity contribution >= 4 is 16.6 Å². The SMILES string of the molecule is CNc1c2c(nc3cc(OCCCN(C)CCF)c(OC)cc13)CCC2. The maximum absolute atomic E-state index is 12.3. The predicted octanol–water partition coefficient (Wildman–Crippen LogP) is 3.44. The molecule has 0 spiro atoms. The lowest BCUT2D eigenvalue weighted by molar-refractivity contribution is 0.244. The fourth-order valence-corrected chi connectivity index (χ4v) is 3.60. The van der Waals surface area contributed by atoms with Crippen LogP contribution in [-0.4, -0.2) is 57.5 Å². The smallest absolute Gasteiger partial charge is 0.163 e. The quantitative estimate of drug-likeness (QED) is 0.693. The van der Waals surface area contributed by atoms with Crippen molar-refractivity contribution in [2.24, 2.45) is 0 Å². The highest BCUT2D eigenvalue weighted by Crippen LogP contribution is 2.39. The minimum absolute atomic E-state index is 0.320. The van der Waals surface area contributed by atoms with Crippen LogP contribution in [0.4, 0.5) is 10.1 Å². The number of alkyl halides is 1. The van der Waals surface area contributed by atoms with Crippen molar-refractivity contribution in [2.75, 3.05) is 52.9 Å². The maximum Gasteiger partial charge on any atom is 0.163 e. The monoisotopic (exact) mass is 361 g/mol. The summed E-state index contributed by atoms with van der Waals surface area (Å²) in [5.41, 5.74) is 4.60. The summed E-state index contributed by atoms with van der Waals surface area (Å²) >= 11 is 0. The van der Waals surface area contributed by atoms with E-state index in [1.165, 1.54) is 11.3 Å². The van der Waals surface area contributed by atoms with Gasteiger partial charge in [0.25, 0.3) is 0 Å². The Balaban J connectivity index is 1.81. The van der Waals surface area contributed by atoms with Gasteiger partial charge < -0.3 is 19.7 Å². The van der Waals surface area contributed by atoms with Gasteiger partial charge >= 0.3 is 0 Å². The zero-order valence-corrected chi connectivity index (χ0v) is 15.9. The van der Waals surface area contributed by atoms with Crippen molar-refractivity contribution in [3.63, 3.8) is 0 Å². The van der Waals surface area contributed by atoms with Gasteiger partial charge in [-0.05, 0) is 44.4 Å². The average molecular weight is 361 g/mol. The van der Waals surface area contributed by atoms with E-state index in [1.807, 2.05) is 31.1 Å². The van der Waals surface area contributed by atoms with Crippen molar-refractivity contribution in [1.29, 1.82) is 0 Å². The summed E-state index contributed by atoms with van der Waals surface area (Å²) in [5, 5.41) is 4.41. The molecule has 2 aromatic rings. The summed E-state index contributed by atoms with van der Waals surface area (Å²) in [4.78, 5) is 6.82. The van der Waals surface area contributed by atoms with Crippen LogP contribution >= 0.6 is 0 Å². The normalized spacial score (nSPS) is 13.3. The summed E-state index contributed by atoms with van der Waals surface area (Å²) in [6.45, 7) is 1.50. The minimum atomic E-state index is -0.320. The third-order valence-corrected chi connectivity index (χ3v) is 4.96. The number of benzene rings is 1. The number of rotatable bonds is 9. The second kappa shape index (κ2) is 8.54. The first-order valence-corrected chi connectivity index (χ1v) is 9.26. The zero-order chi connectivity index (χ0) is 18.5. The van der Waals surface area contributed by atoms with Crippen molar-refractivity contribution < 1.29 is 13.9 Å². The standard InChI is InChI=1S/C20H28FN3O2/c1-22-20-14-6-4-7-16(14)23-17-13-19(18(25-3)12-15(17)20)26-11-5-9-24(2)10-8-21/h12-13H,4-11H2,1-3H3,(H,22,23). The van der Waals surface area contributed by atoms with Gasteiger partial charge in [0, 0.05) is 43.0 Å². The van der Waals surface area contributed by atoms with Crippen LogP contribution in [0.5, 0.6) is 11.5 Å². The van der Waals surface area contributed by atoms with Gasteiger partial charge in [-0.25, -0.2) is 4.39 Å². The molecule has 26 heavy (non-hydrogen) atoms. The van der Waals surface area contributed by atoms with Crippen LogP contribution < -0.4 is 14.8 Å². The number of fused-ring (bicyclic) bond motifs is 2. The van der Waals surface area contributed by atoms with Crippen LogP contribution in [0, 0.1) is 0 Å². The average Bonchev–Trinajstić information content (AvgIpc) is 3.10. The van der Waals surface area contributed by atoms with E-state index in [0.717, 1.165) is 48.8 Å². The number of hydrogen-bond donors (Lipinski definition) is 1. The maximum atomic E-state index is 12.3. The molecule has 0 aliphatic heterocycles. The molecule has 0 radical (unpaired) electrons. The van der Waals surface area contributed by atoms with E-state index in [4.69, 9.17) is 14.5 Å². The molecule has 1 aromatic heterocycles. The van der Waals surface area contributed by atoms with Gasteiger partial charge in [0.05, 0.1) is 19.2 Å². The summed E-state index contributed by atoms with van der Waals surface area (Å²) in [6, 6.07) is 3.98. The van der Waals surface area contributed by atoms with Crippen LogP contribution in [0.25, 0.3) is 10.9 Å². The molecule has 1 aliphatic carbocycles. The molecule has 0 amide bonds. The molecule has 0 fully saturated rings. The molecule has 1 heterocycles. The van der Waals surface area contributed by atoms with Gasteiger partial charge in [-0.15, -0.1) is 0 Å². The van der Waals surface area contributed by atoms with Crippen molar-refractivity contribution in [1.82, 2.24) is 9.88 Å². The van der Waals surface area contributed by atoms with Crippen LogP contribution in [-0.2, 0) is 12.8 Å². The number of methoxy groups -OCH3 is 1. The van der Waals surface area contributed by atoms with Gasteiger partial charge in [-0.3, -0.25) is 4.98 Å². The first-order chi connectivity index (χ1) is 12.7. The highest BCUT2D eigenvalue weighted by Gasteiger charge is 2.20. The van der Waals surface area contributed by atoms with Gasteiger partial charge in [0.15, 0.2) is 11.5 Å². The molecular weight excluding hydrogens is 333 g/mol. The molecule has 3 rings (SSSR count). The largest absolute Gasteiger partial charge is 0.493 e. The molecule has 0 bridgehead atoms. The molecule has 1 aliphatic rings. The lowest BCUT2D eigenvalue weighted by atomic mass is 10.1. The number of halogens is 1. The van der Waals surface area contributed by atoms with E-state index >= 15 is 0 Å². The van der Waals surface area contributed by atoms with E-state index < -0.39 is 0 Å². The molecule has 1 N–H and O–H groups in total. The third-order valence-electron chi connectivity index (χ3n) is 4.96. The Labute approximate surface area is 154 Å². The van der Waals surface area contributed by atoms with E-state index in [-0.39, 0.29) is 6.67 Å². The molecule has 5 nitrogen and oxygen atoms in total. The molecular formula is C20H28FN3O2. The number of nitrogens with one attached hydrogen (secondary N) is 1. The number of nitrogens with zero attached hydrogens (tertiary/aromatic N) is 2. The fraction of sp³-hybridized carbons (Fsp3) is 0.550. The summed E-state index contributed by atoms with van der Waals surface area (Å²) < 4.78 is 23.8. The third kappa shape index (κ3) is 3.85. The first-order valence-electron chi connectivity index (χ1n) is 9.26. The van der Waals surface area contributed by atoms with Crippen LogP contribution in [0.2, 0.25) is 0 Å². The Kier molecular flexibility index (Phi) is 6.14. The Hall–Kier alpha value is -2.08. The molecule has 0 atom stereocenters. The highest BCUT2D eigenvalue weighted by molar-refractivity contribution is 5.95. The molecule has 142 valence electrons. The highest BCUT2D eigenvalue weighted by atomic mass is 19.1. The van der Waals surface area contributed by atoms with E-state index in [9.17, 15) is 4.39 Å². The van der Waals surface area contributed by atoms with E-state index in [1.54, 1.807) is 7.11 Å². The van der Waals surface area contributed by atoms with E-state index in [2.05, 4.69) is 5.32 Å². The number of anilines is 1. The van der Waals surface area contributed by atoms with Gasteiger partial charge in [0.1, 0.15) is 6.67 Å². The van der Waals surface area contributed by atoms with Crippen molar-refractivity contribution in [2.45, 2.75) is 25.7 Å².